The zero-order valence-corrected chi connectivity index (χ0v) is 12.4. The minimum Gasteiger partial charge on any atom is -0.462 e. The normalized spacial score (nSPS) is 29.1. The van der Waals surface area contributed by atoms with Crippen LogP contribution >= 0.6 is 0 Å². The molecular formula is C17H29O2. The fourth-order valence-corrected chi connectivity index (χ4v) is 3.45. The number of hydrogen-bond acceptors (Lipinski definition) is 2. The summed E-state index contributed by atoms with van der Waals surface area (Å²) in [6, 6.07) is 0. The van der Waals surface area contributed by atoms with Gasteiger partial charge in [-0.05, 0) is 63.7 Å². The van der Waals surface area contributed by atoms with Gasteiger partial charge in [0.15, 0.2) is 0 Å². The molecular weight excluding hydrogens is 236 g/mol. The van der Waals surface area contributed by atoms with Crippen LogP contribution in [0.1, 0.15) is 77.6 Å². The van der Waals surface area contributed by atoms with Gasteiger partial charge >= 0.3 is 5.97 Å². The summed E-state index contributed by atoms with van der Waals surface area (Å²) in [5.74, 6) is 1.16. The molecule has 19 heavy (non-hydrogen) atoms. The summed E-state index contributed by atoms with van der Waals surface area (Å²) in [5.41, 5.74) is 0. The highest BCUT2D eigenvalue weighted by molar-refractivity contribution is 5.72. The summed E-state index contributed by atoms with van der Waals surface area (Å²) in [5, 5.41) is 0. The Morgan fingerprint density at radius 1 is 1.11 bits per heavy atom. The molecule has 0 spiro atoms. The molecule has 0 aromatic heterocycles. The Labute approximate surface area is 118 Å². The van der Waals surface area contributed by atoms with Gasteiger partial charge in [0.05, 0.1) is 5.92 Å². The lowest BCUT2D eigenvalue weighted by Gasteiger charge is -2.30. The highest BCUT2D eigenvalue weighted by Gasteiger charge is 2.28. The lowest BCUT2D eigenvalue weighted by atomic mass is 9.84. The molecule has 0 heterocycles. The first kappa shape index (κ1) is 14.9. The fraction of sp³-hybridized carbons (Fsp3) is 0.882. The summed E-state index contributed by atoms with van der Waals surface area (Å²) >= 11 is 0. The van der Waals surface area contributed by atoms with Crippen LogP contribution < -0.4 is 0 Å². The van der Waals surface area contributed by atoms with E-state index in [0.717, 1.165) is 44.4 Å². The Balaban J connectivity index is 1.65. The predicted molar refractivity (Wildman–Crippen MR) is 77.6 cm³/mol. The first-order chi connectivity index (χ1) is 9.29. The van der Waals surface area contributed by atoms with Crippen molar-refractivity contribution >= 4 is 5.97 Å². The number of carbonyl (C=O) groups is 1. The topological polar surface area (TPSA) is 26.3 Å². The summed E-state index contributed by atoms with van der Waals surface area (Å²) in [4.78, 5) is 12.1. The van der Waals surface area contributed by atoms with Crippen LogP contribution in [0.25, 0.3) is 0 Å². The van der Waals surface area contributed by atoms with E-state index in [9.17, 15) is 4.79 Å². The van der Waals surface area contributed by atoms with E-state index in [1.54, 1.807) is 0 Å². The third-order valence-electron chi connectivity index (χ3n) is 4.81. The van der Waals surface area contributed by atoms with Crippen molar-refractivity contribution in [2.24, 2.45) is 11.8 Å². The van der Waals surface area contributed by atoms with Gasteiger partial charge in [0.1, 0.15) is 6.10 Å². The molecule has 2 aliphatic rings. The van der Waals surface area contributed by atoms with Crippen LogP contribution in [-0.4, -0.2) is 12.1 Å². The Morgan fingerprint density at radius 3 is 2.42 bits per heavy atom. The van der Waals surface area contributed by atoms with E-state index in [1.165, 1.54) is 32.1 Å². The summed E-state index contributed by atoms with van der Waals surface area (Å²) < 4.78 is 5.73. The lowest BCUT2D eigenvalue weighted by Crippen LogP contribution is -2.29. The Hall–Kier alpha value is -0.530. The molecule has 2 heteroatoms. The molecule has 0 atom stereocenters. The fourth-order valence-electron chi connectivity index (χ4n) is 3.45. The maximum atomic E-state index is 12.1. The number of ether oxygens (including phenoxy) is 1. The smallest absolute Gasteiger partial charge is 0.309 e. The predicted octanol–water partition coefficient (Wildman–Crippen LogP) is 4.67. The van der Waals surface area contributed by atoms with Gasteiger partial charge in [0.25, 0.3) is 0 Å². The van der Waals surface area contributed by atoms with E-state index in [2.05, 4.69) is 13.3 Å². The number of carbonyl (C=O) groups excluding carboxylic acids is 1. The van der Waals surface area contributed by atoms with Gasteiger partial charge in [-0.25, -0.2) is 0 Å². The number of esters is 1. The number of unbranched alkanes of at least 4 members (excludes halogenated alkanes) is 1. The summed E-state index contributed by atoms with van der Waals surface area (Å²) in [6.45, 7) is 2.26. The van der Waals surface area contributed by atoms with E-state index in [1.807, 2.05) is 0 Å². The van der Waals surface area contributed by atoms with Gasteiger partial charge < -0.3 is 4.74 Å². The second-order valence-electron chi connectivity index (χ2n) is 6.36. The number of rotatable bonds is 5. The van der Waals surface area contributed by atoms with Gasteiger partial charge in [0, 0.05) is 0 Å². The number of hydrogen-bond donors (Lipinski definition) is 0. The maximum Gasteiger partial charge on any atom is 0.309 e. The monoisotopic (exact) mass is 265 g/mol. The third kappa shape index (κ3) is 4.81. The van der Waals surface area contributed by atoms with Crippen molar-refractivity contribution in [1.29, 1.82) is 0 Å². The Bertz CT molecular complexity index is 260. The average Bonchev–Trinajstić information content (AvgIpc) is 2.47. The molecule has 2 rings (SSSR count). The van der Waals surface area contributed by atoms with Crippen LogP contribution in [0.2, 0.25) is 0 Å². The van der Waals surface area contributed by atoms with Gasteiger partial charge in [-0.2, -0.15) is 0 Å². The molecule has 2 fully saturated rings. The van der Waals surface area contributed by atoms with Crippen LogP contribution in [0.3, 0.4) is 0 Å². The van der Waals surface area contributed by atoms with Crippen LogP contribution in [0, 0.1) is 18.3 Å². The van der Waals surface area contributed by atoms with E-state index < -0.39 is 0 Å². The first-order valence-electron chi connectivity index (χ1n) is 8.31. The van der Waals surface area contributed by atoms with Crippen molar-refractivity contribution in [3.8, 4) is 0 Å². The van der Waals surface area contributed by atoms with Crippen molar-refractivity contribution in [2.45, 2.75) is 83.7 Å². The van der Waals surface area contributed by atoms with Crippen LogP contribution in [-0.2, 0) is 9.53 Å². The summed E-state index contributed by atoms with van der Waals surface area (Å²) in [7, 11) is 0. The van der Waals surface area contributed by atoms with Gasteiger partial charge in [-0.15, -0.1) is 0 Å². The maximum absolute atomic E-state index is 12.1. The second kappa shape index (κ2) is 7.91. The average molecular weight is 265 g/mol. The van der Waals surface area contributed by atoms with E-state index in [4.69, 9.17) is 4.74 Å². The van der Waals surface area contributed by atoms with E-state index >= 15 is 0 Å². The minimum absolute atomic E-state index is 0.0881. The molecule has 0 aliphatic heterocycles. The molecule has 1 radical (unpaired) electrons. The third-order valence-corrected chi connectivity index (χ3v) is 4.81. The Morgan fingerprint density at radius 2 is 1.79 bits per heavy atom. The Kier molecular flexibility index (Phi) is 6.19. The highest BCUT2D eigenvalue weighted by atomic mass is 16.5. The molecule has 0 aromatic carbocycles. The quantitative estimate of drug-likeness (QED) is 0.675. The molecule has 0 bridgehead atoms. The summed E-state index contributed by atoms with van der Waals surface area (Å²) in [6.07, 6.45) is 15.4. The van der Waals surface area contributed by atoms with Gasteiger partial charge in [-0.1, -0.05) is 26.2 Å². The molecule has 0 saturated heterocycles. The van der Waals surface area contributed by atoms with Gasteiger partial charge in [-0.3, -0.25) is 4.79 Å². The van der Waals surface area contributed by atoms with Crippen molar-refractivity contribution in [2.75, 3.05) is 0 Å². The molecule has 0 amide bonds. The van der Waals surface area contributed by atoms with Crippen LogP contribution in [0.5, 0.6) is 0 Å². The van der Waals surface area contributed by atoms with Crippen molar-refractivity contribution in [1.82, 2.24) is 0 Å². The largest absolute Gasteiger partial charge is 0.462 e. The van der Waals surface area contributed by atoms with Gasteiger partial charge in [0.2, 0.25) is 0 Å². The van der Waals surface area contributed by atoms with E-state index in [-0.39, 0.29) is 18.0 Å². The molecule has 2 aliphatic carbocycles. The van der Waals surface area contributed by atoms with Crippen molar-refractivity contribution in [3.63, 3.8) is 0 Å². The van der Waals surface area contributed by atoms with Crippen molar-refractivity contribution in [3.05, 3.63) is 6.42 Å². The molecule has 0 N–H and O–H groups in total. The molecule has 2 saturated carbocycles. The zero-order chi connectivity index (χ0) is 13.5. The van der Waals surface area contributed by atoms with Crippen LogP contribution in [0.4, 0.5) is 0 Å². The van der Waals surface area contributed by atoms with Crippen molar-refractivity contribution < 1.29 is 9.53 Å². The molecule has 0 aromatic rings. The standard InChI is InChI=1S/C17H29O2/c1-2-3-7-14-10-12-16(13-11-14)19-17(18)15-8-5-4-6-9-15/h4,14-16H,2-3,5-13H2,1H3. The lowest BCUT2D eigenvalue weighted by molar-refractivity contribution is -0.156. The highest BCUT2D eigenvalue weighted by Crippen LogP contribution is 2.31. The molecule has 0 unspecified atom stereocenters. The van der Waals surface area contributed by atoms with E-state index in [0.29, 0.717) is 0 Å². The SMILES string of the molecule is CCCCC1CCC(OC(=O)C2CC[CH]CC2)CC1. The first-order valence-corrected chi connectivity index (χ1v) is 8.31. The zero-order valence-electron chi connectivity index (χ0n) is 12.4. The minimum atomic E-state index is 0.0881. The molecule has 2 nitrogen and oxygen atoms in total. The molecule has 109 valence electrons. The van der Waals surface area contributed by atoms with Crippen LogP contribution in [0.15, 0.2) is 0 Å². The second-order valence-corrected chi connectivity index (χ2v) is 6.36.